The number of rotatable bonds is 6. The molecule has 1 atom stereocenters. The van der Waals surface area contributed by atoms with Crippen molar-refractivity contribution in [2.75, 3.05) is 32.5 Å². The van der Waals surface area contributed by atoms with Crippen molar-refractivity contribution in [2.24, 2.45) is 5.92 Å². The van der Waals surface area contributed by atoms with Crippen molar-refractivity contribution < 1.29 is 9.59 Å². The molecule has 29 heavy (non-hydrogen) atoms. The number of nitrogens with one attached hydrogen (secondary N) is 2. The molecule has 0 unspecified atom stereocenters. The third-order valence-corrected chi connectivity index (χ3v) is 5.16. The average molecular weight is 395 g/mol. The number of anilines is 1. The summed E-state index contributed by atoms with van der Waals surface area (Å²) in [5, 5.41) is 5.98. The van der Waals surface area contributed by atoms with Gasteiger partial charge in [0.2, 0.25) is 5.91 Å². The van der Waals surface area contributed by atoms with E-state index in [1.807, 2.05) is 56.6 Å². The molecule has 0 aliphatic carbocycles. The molecule has 3 amide bonds. The Morgan fingerprint density at radius 1 is 1.03 bits per heavy atom. The van der Waals surface area contributed by atoms with E-state index in [9.17, 15) is 9.59 Å². The zero-order chi connectivity index (χ0) is 20.6. The molecule has 1 aliphatic heterocycles. The maximum Gasteiger partial charge on any atom is 0.321 e. The molecule has 1 saturated heterocycles. The van der Waals surface area contributed by atoms with Crippen molar-refractivity contribution in [3.63, 3.8) is 0 Å². The van der Waals surface area contributed by atoms with E-state index in [0.717, 1.165) is 30.6 Å². The number of para-hydroxylation sites is 1. The van der Waals surface area contributed by atoms with Gasteiger partial charge < -0.3 is 20.4 Å². The first-order valence-corrected chi connectivity index (χ1v) is 10.1. The topological polar surface area (TPSA) is 64.7 Å². The van der Waals surface area contributed by atoms with Gasteiger partial charge in [0.1, 0.15) is 0 Å². The summed E-state index contributed by atoms with van der Waals surface area (Å²) in [6.45, 7) is 2.47. The number of carbonyl (C=O) groups excluding carboxylic acids is 2. The van der Waals surface area contributed by atoms with Crippen molar-refractivity contribution in [2.45, 2.75) is 25.9 Å². The molecule has 1 aliphatic rings. The highest BCUT2D eigenvalue weighted by atomic mass is 16.2. The van der Waals surface area contributed by atoms with Crippen molar-refractivity contribution >= 4 is 17.6 Å². The largest absolute Gasteiger partial charge is 0.352 e. The van der Waals surface area contributed by atoms with Crippen LogP contribution in [0.15, 0.2) is 54.6 Å². The van der Waals surface area contributed by atoms with E-state index in [4.69, 9.17) is 0 Å². The summed E-state index contributed by atoms with van der Waals surface area (Å²) in [6, 6.07) is 17.4. The molecular weight excluding hydrogens is 364 g/mol. The summed E-state index contributed by atoms with van der Waals surface area (Å²) in [5.74, 6) is -0.159. The molecule has 2 aromatic carbocycles. The van der Waals surface area contributed by atoms with Crippen LogP contribution in [0.2, 0.25) is 0 Å². The highest BCUT2D eigenvalue weighted by Gasteiger charge is 2.28. The first kappa shape index (κ1) is 20.9. The summed E-state index contributed by atoms with van der Waals surface area (Å²) >= 11 is 0. The van der Waals surface area contributed by atoms with Crippen molar-refractivity contribution in [3.8, 4) is 0 Å². The summed E-state index contributed by atoms with van der Waals surface area (Å²) < 4.78 is 0. The monoisotopic (exact) mass is 394 g/mol. The summed E-state index contributed by atoms with van der Waals surface area (Å²) in [4.78, 5) is 29.1. The Bertz CT molecular complexity index is 823. The van der Waals surface area contributed by atoms with Crippen LogP contribution in [0.4, 0.5) is 10.5 Å². The Hall–Kier alpha value is -2.86. The third kappa shape index (κ3) is 6.06. The van der Waals surface area contributed by atoms with Crippen LogP contribution in [-0.4, -0.2) is 48.9 Å². The Balaban J connectivity index is 1.54. The maximum atomic E-state index is 12.8. The predicted molar refractivity (Wildman–Crippen MR) is 115 cm³/mol. The molecule has 1 heterocycles. The lowest BCUT2D eigenvalue weighted by Crippen LogP contribution is -2.46. The Morgan fingerprint density at radius 2 is 1.72 bits per heavy atom. The lowest BCUT2D eigenvalue weighted by atomic mass is 9.97. The summed E-state index contributed by atoms with van der Waals surface area (Å²) in [7, 11) is 4.07. The Kier molecular flexibility index (Phi) is 7.25. The average Bonchev–Trinajstić information content (AvgIpc) is 2.73. The first-order valence-electron chi connectivity index (χ1n) is 10.1. The van der Waals surface area contributed by atoms with Crippen LogP contribution in [0.3, 0.4) is 0 Å². The number of hydrogen-bond donors (Lipinski definition) is 2. The minimum absolute atomic E-state index is 0.0156. The number of urea groups is 1. The van der Waals surface area contributed by atoms with Crippen molar-refractivity contribution in [3.05, 3.63) is 65.7 Å². The van der Waals surface area contributed by atoms with Crippen LogP contribution in [0.1, 0.15) is 24.0 Å². The zero-order valence-electron chi connectivity index (χ0n) is 17.2. The normalized spacial score (nSPS) is 16.5. The third-order valence-electron chi connectivity index (χ3n) is 5.16. The Labute approximate surface area is 172 Å². The van der Waals surface area contributed by atoms with E-state index in [1.54, 1.807) is 4.90 Å². The van der Waals surface area contributed by atoms with E-state index >= 15 is 0 Å². The molecule has 3 rings (SSSR count). The van der Waals surface area contributed by atoms with Gasteiger partial charge in [-0.25, -0.2) is 4.79 Å². The Morgan fingerprint density at radius 3 is 2.45 bits per heavy atom. The van der Waals surface area contributed by atoms with Gasteiger partial charge in [-0.1, -0.05) is 42.5 Å². The first-order chi connectivity index (χ1) is 14.0. The van der Waals surface area contributed by atoms with Crippen LogP contribution >= 0.6 is 0 Å². The van der Waals surface area contributed by atoms with Gasteiger partial charge in [0.15, 0.2) is 0 Å². The van der Waals surface area contributed by atoms with E-state index in [0.29, 0.717) is 19.6 Å². The van der Waals surface area contributed by atoms with E-state index < -0.39 is 0 Å². The van der Waals surface area contributed by atoms with Crippen LogP contribution in [0, 0.1) is 5.92 Å². The highest BCUT2D eigenvalue weighted by Crippen LogP contribution is 2.19. The molecule has 6 nitrogen and oxygen atoms in total. The number of carbonyl (C=O) groups is 2. The fraction of sp³-hybridized carbons (Fsp3) is 0.391. The summed E-state index contributed by atoms with van der Waals surface area (Å²) in [6.07, 6.45) is 1.64. The highest BCUT2D eigenvalue weighted by molar-refractivity contribution is 5.90. The lowest BCUT2D eigenvalue weighted by molar-refractivity contribution is -0.126. The van der Waals surface area contributed by atoms with Gasteiger partial charge in [-0.05, 0) is 50.2 Å². The quantitative estimate of drug-likeness (QED) is 0.790. The van der Waals surface area contributed by atoms with Crippen LogP contribution in [-0.2, 0) is 17.9 Å². The second kappa shape index (κ2) is 10.1. The number of piperidine rings is 1. The molecule has 2 aromatic rings. The molecule has 154 valence electrons. The predicted octanol–water partition coefficient (Wildman–Crippen LogP) is 3.31. The SMILES string of the molecule is CN(C)Cc1ccccc1CNC(=O)[C@H]1CCCN(C(=O)Nc2ccccc2)C1. The second-order valence-electron chi connectivity index (χ2n) is 7.81. The zero-order valence-corrected chi connectivity index (χ0v) is 17.2. The number of amides is 3. The van der Waals surface area contributed by atoms with Gasteiger partial charge in [-0.2, -0.15) is 0 Å². The molecule has 1 fully saturated rings. The van der Waals surface area contributed by atoms with E-state index in [2.05, 4.69) is 27.7 Å². The summed E-state index contributed by atoms with van der Waals surface area (Å²) in [5.41, 5.74) is 3.11. The molecule has 0 radical (unpaired) electrons. The van der Waals surface area contributed by atoms with Crippen LogP contribution < -0.4 is 10.6 Å². The fourth-order valence-corrected chi connectivity index (χ4v) is 3.65. The molecule has 0 spiro atoms. The number of likely N-dealkylation sites (tertiary alicyclic amines) is 1. The fourth-order valence-electron chi connectivity index (χ4n) is 3.65. The van der Waals surface area contributed by atoms with Gasteiger partial charge in [0.25, 0.3) is 0 Å². The second-order valence-corrected chi connectivity index (χ2v) is 7.81. The lowest BCUT2D eigenvalue weighted by Gasteiger charge is -2.32. The van der Waals surface area contributed by atoms with E-state index in [-0.39, 0.29) is 17.9 Å². The molecule has 0 aromatic heterocycles. The van der Waals surface area contributed by atoms with Crippen LogP contribution in [0.25, 0.3) is 0 Å². The van der Waals surface area contributed by atoms with Crippen LogP contribution in [0.5, 0.6) is 0 Å². The van der Waals surface area contributed by atoms with Crippen molar-refractivity contribution in [1.29, 1.82) is 0 Å². The number of hydrogen-bond acceptors (Lipinski definition) is 3. The van der Waals surface area contributed by atoms with Gasteiger partial charge in [0, 0.05) is 31.9 Å². The minimum atomic E-state index is -0.175. The van der Waals surface area contributed by atoms with Gasteiger partial charge in [-0.3, -0.25) is 4.79 Å². The minimum Gasteiger partial charge on any atom is -0.352 e. The number of nitrogens with zero attached hydrogens (tertiary/aromatic N) is 2. The smallest absolute Gasteiger partial charge is 0.321 e. The van der Waals surface area contributed by atoms with Gasteiger partial charge >= 0.3 is 6.03 Å². The number of benzene rings is 2. The maximum absolute atomic E-state index is 12.8. The molecule has 0 saturated carbocycles. The van der Waals surface area contributed by atoms with Crippen molar-refractivity contribution in [1.82, 2.24) is 15.1 Å². The molecule has 0 bridgehead atoms. The van der Waals surface area contributed by atoms with Gasteiger partial charge in [0.05, 0.1) is 5.92 Å². The van der Waals surface area contributed by atoms with E-state index in [1.165, 1.54) is 5.56 Å². The molecule has 2 N–H and O–H groups in total. The standard InChI is InChI=1S/C23H30N4O2/c1-26(2)16-19-10-7-6-9-18(19)15-24-22(28)20-11-8-14-27(17-20)23(29)25-21-12-4-3-5-13-21/h3-7,9-10,12-13,20H,8,11,14-17H2,1-2H3,(H,24,28)(H,25,29)/t20-/m0/s1. The molecule has 6 heteroatoms. The van der Waals surface area contributed by atoms with Gasteiger partial charge in [-0.15, -0.1) is 0 Å². The molecular formula is C23H30N4O2.